The van der Waals surface area contributed by atoms with Gasteiger partial charge in [-0.2, -0.15) is 0 Å². The van der Waals surface area contributed by atoms with Crippen LogP contribution in [0.2, 0.25) is 0 Å². The molecule has 5 rings (SSSR count). The van der Waals surface area contributed by atoms with Crippen LogP contribution in [0.5, 0.6) is 0 Å². The molecule has 2 heterocycles. The standard InChI is InChI=1S/C23H31NO5/c1-23-16-12-13-18(23)21(22(25)26-2)29-24(23)28-20(14-16)27-19-11-7-6-10-17(19)15-8-4-3-5-9-15/h3-5,8-9,16-21H,6-7,10-14H2,1-2H3/t16-,17+,18+,19?,20-,21-,23+/m0/s1. The third-order valence-corrected chi connectivity index (χ3v) is 7.75. The molecular weight excluding hydrogens is 370 g/mol. The van der Waals surface area contributed by atoms with Gasteiger partial charge in [0.1, 0.15) is 0 Å². The summed E-state index contributed by atoms with van der Waals surface area (Å²) in [5.41, 5.74) is 1.06. The Hall–Kier alpha value is -1.47. The number of nitrogens with zero attached hydrogens (tertiary/aromatic N) is 1. The first-order valence-corrected chi connectivity index (χ1v) is 11.0. The molecule has 0 aromatic heterocycles. The maximum absolute atomic E-state index is 12.2. The van der Waals surface area contributed by atoms with E-state index in [2.05, 4.69) is 37.3 Å². The fraction of sp³-hybridized carbons (Fsp3) is 0.696. The molecule has 2 aliphatic heterocycles. The van der Waals surface area contributed by atoms with Gasteiger partial charge >= 0.3 is 5.97 Å². The van der Waals surface area contributed by atoms with E-state index in [4.69, 9.17) is 19.1 Å². The van der Waals surface area contributed by atoms with Crippen LogP contribution < -0.4 is 0 Å². The van der Waals surface area contributed by atoms with Crippen LogP contribution in [0.1, 0.15) is 63.4 Å². The normalized spacial score (nSPS) is 41.9. The van der Waals surface area contributed by atoms with E-state index in [1.807, 2.05) is 0 Å². The topological polar surface area (TPSA) is 57.2 Å². The maximum atomic E-state index is 12.2. The molecule has 7 atom stereocenters. The number of rotatable bonds is 4. The van der Waals surface area contributed by atoms with Gasteiger partial charge in [0.2, 0.25) is 0 Å². The fourth-order valence-electron chi connectivity index (χ4n) is 6.12. The van der Waals surface area contributed by atoms with Gasteiger partial charge in [-0.25, -0.2) is 9.63 Å². The summed E-state index contributed by atoms with van der Waals surface area (Å²) in [4.78, 5) is 24.4. The number of carbonyl (C=O) groups is 1. The minimum Gasteiger partial charge on any atom is -0.467 e. The number of carbonyl (C=O) groups excluding carboxylic acids is 1. The van der Waals surface area contributed by atoms with Crippen molar-refractivity contribution in [3.63, 3.8) is 0 Å². The van der Waals surface area contributed by atoms with Crippen LogP contribution in [-0.4, -0.2) is 42.3 Å². The van der Waals surface area contributed by atoms with E-state index in [1.54, 1.807) is 5.23 Å². The second kappa shape index (κ2) is 7.65. The van der Waals surface area contributed by atoms with E-state index in [0.717, 1.165) is 32.1 Å². The van der Waals surface area contributed by atoms with Crippen molar-refractivity contribution >= 4 is 5.97 Å². The van der Waals surface area contributed by atoms with Gasteiger partial charge in [0.15, 0.2) is 12.4 Å². The average molecular weight is 402 g/mol. The van der Waals surface area contributed by atoms with E-state index >= 15 is 0 Å². The third-order valence-electron chi connectivity index (χ3n) is 7.75. The number of benzene rings is 1. The van der Waals surface area contributed by atoms with E-state index in [0.29, 0.717) is 11.8 Å². The van der Waals surface area contributed by atoms with Gasteiger partial charge in [-0.3, -0.25) is 4.84 Å². The zero-order chi connectivity index (χ0) is 20.0. The Bertz CT molecular complexity index is 742. The first kappa shape index (κ1) is 19.5. The van der Waals surface area contributed by atoms with Gasteiger partial charge in [-0.1, -0.05) is 48.4 Å². The Kier molecular flexibility index (Phi) is 5.14. The average Bonchev–Trinajstić information content (AvgIpc) is 3.24. The lowest BCUT2D eigenvalue weighted by Crippen LogP contribution is -2.55. The zero-order valence-electron chi connectivity index (χ0n) is 17.3. The highest BCUT2D eigenvalue weighted by atomic mass is 17.0. The molecule has 0 radical (unpaired) electrons. The number of hydrogen-bond donors (Lipinski definition) is 0. The smallest absolute Gasteiger partial charge is 0.337 e. The molecule has 2 saturated heterocycles. The molecule has 1 unspecified atom stereocenters. The van der Waals surface area contributed by atoms with Crippen molar-refractivity contribution in [1.82, 2.24) is 5.23 Å². The van der Waals surface area contributed by atoms with Crippen molar-refractivity contribution in [2.24, 2.45) is 11.8 Å². The molecule has 158 valence electrons. The molecule has 0 amide bonds. The van der Waals surface area contributed by atoms with Gasteiger partial charge < -0.3 is 9.47 Å². The van der Waals surface area contributed by atoms with E-state index in [1.165, 1.54) is 25.5 Å². The highest BCUT2D eigenvalue weighted by molar-refractivity contribution is 5.75. The highest BCUT2D eigenvalue weighted by Crippen LogP contribution is 2.56. The number of ether oxygens (including phenoxy) is 2. The monoisotopic (exact) mass is 401 g/mol. The van der Waals surface area contributed by atoms with Gasteiger partial charge in [0, 0.05) is 18.3 Å². The Morgan fingerprint density at radius 1 is 1.10 bits per heavy atom. The number of hydroxylamine groups is 2. The molecule has 0 bridgehead atoms. The second-order valence-corrected chi connectivity index (χ2v) is 9.16. The summed E-state index contributed by atoms with van der Waals surface area (Å²) >= 11 is 0. The van der Waals surface area contributed by atoms with Gasteiger partial charge in [-0.05, 0) is 44.1 Å². The van der Waals surface area contributed by atoms with Crippen LogP contribution in [0.3, 0.4) is 0 Å². The molecule has 2 saturated carbocycles. The van der Waals surface area contributed by atoms with Crippen LogP contribution in [-0.2, 0) is 23.9 Å². The van der Waals surface area contributed by atoms with E-state index in [-0.39, 0.29) is 29.8 Å². The molecular formula is C23H31NO5. The van der Waals surface area contributed by atoms with Crippen molar-refractivity contribution in [3.8, 4) is 0 Å². The van der Waals surface area contributed by atoms with Crippen molar-refractivity contribution in [3.05, 3.63) is 35.9 Å². The summed E-state index contributed by atoms with van der Waals surface area (Å²) in [6.45, 7) is 2.15. The minimum absolute atomic E-state index is 0.104. The fourth-order valence-corrected chi connectivity index (χ4v) is 6.12. The minimum atomic E-state index is -0.583. The van der Waals surface area contributed by atoms with Crippen LogP contribution in [0.25, 0.3) is 0 Å². The van der Waals surface area contributed by atoms with E-state index in [9.17, 15) is 4.79 Å². The largest absolute Gasteiger partial charge is 0.467 e. The van der Waals surface area contributed by atoms with Crippen LogP contribution in [0.15, 0.2) is 30.3 Å². The Balaban J connectivity index is 1.32. The van der Waals surface area contributed by atoms with Crippen molar-refractivity contribution in [2.75, 3.05) is 7.11 Å². The summed E-state index contributed by atoms with van der Waals surface area (Å²) in [5.74, 6) is 0.580. The van der Waals surface area contributed by atoms with Crippen molar-refractivity contribution in [2.45, 2.75) is 81.8 Å². The van der Waals surface area contributed by atoms with E-state index < -0.39 is 6.10 Å². The maximum Gasteiger partial charge on any atom is 0.337 e. The second-order valence-electron chi connectivity index (χ2n) is 9.16. The van der Waals surface area contributed by atoms with Crippen molar-refractivity contribution < 1.29 is 23.9 Å². The number of methoxy groups -OCH3 is 1. The molecule has 0 spiro atoms. The molecule has 4 aliphatic rings. The lowest BCUT2D eigenvalue weighted by atomic mass is 9.78. The summed E-state index contributed by atoms with van der Waals surface area (Å²) in [6, 6.07) is 10.7. The Labute approximate surface area is 172 Å². The molecule has 1 aromatic carbocycles. The first-order chi connectivity index (χ1) is 14.1. The summed E-state index contributed by atoms with van der Waals surface area (Å²) in [5, 5.41) is 1.59. The molecule has 6 nitrogen and oxygen atoms in total. The Morgan fingerprint density at radius 3 is 2.69 bits per heavy atom. The highest BCUT2D eigenvalue weighted by Gasteiger charge is 2.65. The molecule has 4 fully saturated rings. The van der Waals surface area contributed by atoms with Crippen LogP contribution in [0.4, 0.5) is 0 Å². The summed E-state index contributed by atoms with van der Waals surface area (Å²) < 4.78 is 11.5. The molecule has 6 heteroatoms. The molecule has 0 N–H and O–H groups in total. The van der Waals surface area contributed by atoms with Gasteiger partial charge in [0.25, 0.3) is 0 Å². The first-order valence-electron chi connectivity index (χ1n) is 11.0. The molecule has 29 heavy (non-hydrogen) atoms. The summed E-state index contributed by atoms with van der Waals surface area (Å²) in [6.07, 6.45) is 6.71. The molecule has 1 aromatic rings. The zero-order valence-corrected chi connectivity index (χ0v) is 17.3. The van der Waals surface area contributed by atoms with Crippen molar-refractivity contribution in [1.29, 1.82) is 0 Å². The number of hydrogen-bond acceptors (Lipinski definition) is 6. The van der Waals surface area contributed by atoms with Gasteiger partial charge in [-0.15, -0.1) is 0 Å². The summed E-state index contributed by atoms with van der Waals surface area (Å²) in [7, 11) is 1.41. The molecule has 2 aliphatic carbocycles. The Morgan fingerprint density at radius 2 is 1.90 bits per heavy atom. The van der Waals surface area contributed by atoms with Gasteiger partial charge in [0.05, 0.1) is 18.8 Å². The lowest BCUT2D eigenvalue weighted by Gasteiger charge is -2.45. The predicted molar refractivity (Wildman–Crippen MR) is 105 cm³/mol. The third kappa shape index (κ3) is 3.21. The van der Waals surface area contributed by atoms with Crippen LogP contribution in [0, 0.1) is 11.8 Å². The quantitative estimate of drug-likeness (QED) is 0.712. The number of esters is 1. The lowest BCUT2D eigenvalue weighted by molar-refractivity contribution is -0.462. The predicted octanol–water partition coefficient (Wildman–Crippen LogP) is 3.96. The van der Waals surface area contributed by atoms with Crippen LogP contribution >= 0.6 is 0 Å². The SMILES string of the molecule is COC(=O)[C@H]1ON2O[C@H](OC3CCCC[C@@H]3c3ccccc3)C[C@@H]3CC[C@H]1[C@@]32C.